The number of ether oxygens (including phenoxy) is 1. The Hall–Kier alpha value is -1.90. The van der Waals surface area contributed by atoms with Crippen LogP contribution in [0.4, 0.5) is 5.69 Å². The highest BCUT2D eigenvalue weighted by atomic mass is 16.5. The fourth-order valence-corrected chi connectivity index (χ4v) is 1.63. The molecule has 0 aliphatic heterocycles. The lowest BCUT2D eigenvalue weighted by Crippen LogP contribution is -2.01. The van der Waals surface area contributed by atoms with E-state index in [-0.39, 0.29) is 0 Å². The Labute approximate surface area is 95.5 Å². The van der Waals surface area contributed by atoms with E-state index in [9.17, 15) is 0 Å². The average Bonchev–Trinajstić information content (AvgIpc) is 2.80. The van der Waals surface area contributed by atoms with Gasteiger partial charge in [0.05, 0.1) is 13.7 Å². The fraction of sp³-hybridized carbons (Fsp3) is 0.231. The summed E-state index contributed by atoms with van der Waals surface area (Å²) in [5.41, 5.74) is 3.50. The van der Waals surface area contributed by atoms with Gasteiger partial charge in [0.1, 0.15) is 5.75 Å². The van der Waals surface area contributed by atoms with E-state index < -0.39 is 0 Å². The van der Waals surface area contributed by atoms with Gasteiger partial charge in [-0.05, 0) is 42.8 Å². The topological polar surface area (TPSA) is 37.0 Å². The van der Waals surface area contributed by atoms with Gasteiger partial charge in [-0.2, -0.15) is 0 Å². The quantitative estimate of drug-likeness (QED) is 0.824. The highest BCUT2D eigenvalue weighted by Crippen LogP contribution is 2.21. The molecular weight excluding hydrogens is 200 g/mol. The van der Waals surface area contributed by atoms with Gasteiger partial charge in [-0.15, -0.1) is 0 Å². The van der Waals surface area contributed by atoms with Crippen molar-refractivity contribution in [3.63, 3.8) is 0 Å². The van der Waals surface area contributed by atoms with Crippen molar-refractivity contribution in [3.05, 3.63) is 47.8 Å². The van der Waals surface area contributed by atoms with Gasteiger partial charge in [0.2, 0.25) is 0 Å². The zero-order valence-electron chi connectivity index (χ0n) is 9.58. The monoisotopic (exact) mass is 216 g/mol. The molecule has 2 rings (SSSR count). The SMILES string of the molecule is COc1ccc(NCc2ccc[nH]2)c(C)c1. The van der Waals surface area contributed by atoms with Crippen molar-refractivity contribution in [2.45, 2.75) is 13.5 Å². The van der Waals surface area contributed by atoms with E-state index in [4.69, 9.17) is 4.74 Å². The van der Waals surface area contributed by atoms with Gasteiger partial charge in [0.25, 0.3) is 0 Å². The lowest BCUT2D eigenvalue weighted by molar-refractivity contribution is 0.414. The molecule has 0 aliphatic carbocycles. The molecule has 0 saturated carbocycles. The van der Waals surface area contributed by atoms with Crippen LogP contribution >= 0.6 is 0 Å². The van der Waals surface area contributed by atoms with E-state index in [1.807, 2.05) is 30.5 Å². The maximum absolute atomic E-state index is 5.17. The van der Waals surface area contributed by atoms with Crippen LogP contribution in [-0.2, 0) is 6.54 Å². The maximum atomic E-state index is 5.17. The van der Waals surface area contributed by atoms with Crippen LogP contribution in [0.1, 0.15) is 11.3 Å². The summed E-state index contributed by atoms with van der Waals surface area (Å²) in [6.45, 7) is 2.87. The number of hydrogen-bond acceptors (Lipinski definition) is 2. The molecule has 0 spiro atoms. The zero-order valence-corrected chi connectivity index (χ0v) is 9.58. The van der Waals surface area contributed by atoms with Crippen molar-refractivity contribution in [1.29, 1.82) is 0 Å². The molecule has 3 heteroatoms. The van der Waals surface area contributed by atoms with Crippen LogP contribution in [0.2, 0.25) is 0 Å². The minimum Gasteiger partial charge on any atom is -0.497 e. The van der Waals surface area contributed by atoms with Crippen molar-refractivity contribution in [1.82, 2.24) is 4.98 Å². The molecule has 16 heavy (non-hydrogen) atoms. The largest absolute Gasteiger partial charge is 0.497 e. The van der Waals surface area contributed by atoms with Gasteiger partial charge in [-0.25, -0.2) is 0 Å². The highest BCUT2D eigenvalue weighted by Gasteiger charge is 2.00. The second-order valence-corrected chi connectivity index (χ2v) is 3.73. The number of rotatable bonds is 4. The second-order valence-electron chi connectivity index (χ2n) is 3.73. The normalized spacial score (nSPS) is 10.1. The van der Waals surface area contributed by atoms with Crippen LogP contribution in [0.15, 0.2) is 36.5 Å². The number of benzene rings is 1. The Morgan fingerprint density at radius 1 is 1.31 bits per heavy atom. The minimum absolute atomic E-state index is 0.806. The Morgan fingerprint density at radius 2 is 2.19 bits per heavy atom. The number of aromatic amines is 1. The molecular formula is C13H16N2O. The third kappa shape index (κ3) is 2.37. The molecule has 0 bridgehead atoms. The third-order valence-corrected chi connectivity index (χ3v) is 2.57. The summed E-state index contributed by atoms with van der Waals surface area (Å²) in [4.78, 5) is 3.16. The van der Waals surface area contributed by atoms with Crippen LogP contribution in [-0.4, -0.2) is 12.1 Å². The third-order valence-electron chi connectivity index (χ3n) is 2.57. The van der Waals surface area contributed by atoms with Gasteiger partial charge in [-0.3, -0.25) is 0 Å². The minimum atomic E-state index is 0.806. The Kier molecular flexibility index (Phi) is 3.15. The molecule has 3 nitrogen and oxygen atoms in total. The van der Waals surface area contributed by atoms with Gasteiger partial charge in [0, 0.05) is 17.6 Å². The molecule has 0 fully saturated rings. The summed E-state index contributed by atoms with van der Waals surface area (Å²) >= 11 is 0. The lowest BCUT2D eigenvalue weighted by atomic mass is 10.2. The fourth-order valence-electron chi connectivity index (χ4n) is 1.63. The number of aryl methyl sites for hydroxylation is 1. The molecule has 0 saturated heterocycles. The molecule has 1 aromatic carbocycles. The predicted molar refractivity (Wildman–Crippen MR) is 65.9 cm³/mol. The average molecular weight is 216 g/mol. The summed E-state index contributed by atoms with van der Waals surface area (Å²) in [5, 5.41) is 3.38. The molecule has 84 valence electrons. The highest BCUT2D eigenvalue weighted by molar-refractivity contribution is 5.53. The molecule has 2 N–H and O–H groups in total. The summed E-state index contributed by atoms with van der Waals surface area (Å²) in [5.74, 6) is 0.892. The number of H-pyrrole nitrogens is 1. The summed E-state index contributed by atoms with van der Waals surface area (Å²) in [6.07, 6.45) is 1.93. The maximum Gasteiger partial charge on any atom is 0.119 e. The van der Waals surface area contributed by atoms with Crippen molar-refractivity contribution in [2.24, 2.45) is 0 Å². The molecule has 0 amide bonds. The van der Waals surface area contributed by atoms with Crippen LogP contribution < -0.4 is 10.1 Å². The molecule has 0 atom stereocenters. The number of nitrogens with one attached hydrogen (secondary N) is 2. The molecule has 0 radical (unpaired) electrons. The first-order valence-corrected chi connectivity index (χ1v) is 5.30. The molecule has 0 unspecified atom stereocenters. The van der Waals surface area contributed by atoms with Gasteiger partial charge >= 0.3 is 0 Å². The molecule has 1 aromatic heterocycles. The first-order chi connectivity index (χ1) is 7.79. The van der Waals surface area contributed by atoms with E-state index in [1.54, 1.807) is 7.11 Å². The number of aromatic nitrogens is 1. The standard InChI is InChI=1S/C13H16N2O/c1-10-8-12(16-2)5-6-13(10)15-9-11-4-3-7-14-11/h3-8,14-15H,9H2,1-2H3. The van der Waals surface area contributed by atoms with E-state index in [0.717, 1.165) is 18.0 Å². The lowest BCUT2D eigenvalue weighted by Gasteiger charge is -2.10. The van der Waals surface area contributed by atoms with Crippen LogP contribution in [0, 0.1) is 6.92 Å². The number of anilines is 1. The summed E-state index contributed by atoms with van der Waals surface area (Å²) in [7, 11) is 1.68. The van der Waals surface area contributed by atoms with E-state index >= 15 is 0 Å². The van der Waals surface area contributed by atoms with Crippen LogP contribution in [0.25, 0.3) is 0 Å². The van der Waals surface area contributed by atoms with Gasteiger partial charge in [-0.1, -0.05) is 0 Å². The number of methoxy groups -OCH3 is 1. The van der Waals surface area contributed by atoms with Gasteiger partial charge in [0.15, 0.2) is 0 Å². The van der Waals surface area contributed by atoms with Gasteiger partial charge < -0.3 is 15.0 Å². The van der Waals surface area contributed by atoms with Crippen LogP contribution in [0.3, 0.4) is 0 Å². The Balaban J connectivity index is 2.04. The van der Waals surface area contributed by atoms with Crippen molar-refractivity contribution < 1.29 is 4.74 Å². The van der Waals surface area contributed by atoms with Crippen molar-refractivity contribution in [3.8, 4) is 5.75 Å². The Morgan fingerprint density at radius 3 is 2.81 bits per heavy atom. The molecule has 2 aromatic rings. The second kappa shape index (κ2) is 4.75. The number of hydrogen-bond donors (Lipinski definition) is 2. The summed E-state index contributed by atoms with van der Waals surface area (Å²) in [6, 6.07) is 10.1. The first kappa shape index (κ1) is 10.6. The first-order valence-electron chi connectivity index (χ1n) is 5.30. The smallest absolute Gasteiger partial charge is 0.119 e. The zero-order chi connectivity index (χ0) is 11.4. The van der Waals surface area contributed by atoms with Crippen LogP contribution in [0.5, 0.6) is 5.75 Å². The Bertz CT molecular complexity index is 449. The van der Waals surface area contributed by atoms with Crippen molar-refractivity contribution in [2.75, 3.05) is 12.4 Å². The van der Waals surface area contributed by atoms with Crippen molar-refractivity contribution >= 4 is 5.69 Å². The van der Waals surface area contributed by atoms with E-state index in [0.29, 0.717) is 0 Å². The van der Waals surface area contributed by atoms with E-state index in [2.05, 4.69) is 23.3 Å². The summed E-state index contributed by atoms with van der Waals surface area (Å²) < 4.78 is 5.17. The molecule has 1 heterocycles. The van der Waals surface area contributed by atoms with E-state index in [1.165, 1.54) is 11.3 Å². The molecule has 0 aliphatic rings. The predicted octanol–water partition coefficient (Wildman–Crippen LogP) is 2.94.